The maximum absolute atomic E-state index is 13.7. The third-order valence-electron chi connectivity index (χ3n) is 3.34. The summed E-state index contributed by atoms with van der Waals surface area (Å²) < 4.78 is 27.7. The molecule has 21 heavy (non-hydrogen) atoms. The van der Waals surface area contributed by atoms with E-state index in [9.17, 15) is 13.6 Å². The van der Waals surface area contributed by atoms with Gasteiger partial charge in [-0.1, -0.05) is 34.1 Å². The lowest BCUT2D eigenvalue weighted by Gasteiger charge is -2.13. The van der Waals surface area contributed by atoms with Gasteiger partial charge in [0.25, 0.3) is 0 Å². The van der Waals surface area contributed by atoms with E-state index in [0.29, 0.717) is 6.42 Å². The van der Waals surface area contributed by atoms with E-state index in [0.717, 1.165) is 23.4 Å². The zero-order valence-electron chi connectivity index (χ0n) is 10.8. The van der Waals surface area contributed by atoms with Gasteiger partial charge in [0.15, 0.2) is 11.6 Å². The third-order valence-corrected chi connectivity index (χ3v) is 3.80. The molecule has 0 aliphatic carbocycles. The number of amides is 1. The van der Waals surface area contributed by atoms with Crippen molar-refractivity contribution in [2.45, 2.75) is 12.5 Å². The van der Waals surface area contributed by atoms with E-state index in [4.69, 9.17) is 0 Å². The Kier molecular flexibility index (Phi) is 3.63. The van der Waals surface area contributed by atoms with E-state index >= 15 is 0 Å². The Labute approximate surface area is 128 Å². The van der Waals surface area contributed by atoms with E-state index in [1.807, 2.05) is 24.3 Å². The van der Waals surface area contributed by atoms with E-state index in [-0.39, 0.29) is 4.47 Å². The highest BCUT2D eigenvalue weighted by atomic mass is 79.9. The monoisotopic (exact) mass is 352 g/mol. The fourth-order valence-corrected chi connectivity index (χ4v) is 2.73. The Morgan fingerprint density at radius 2 is 1.90 bits per heavy atom. The molecule has 0 bridgehead atoms. The number of rotatable bonds is 2. The lowest BCUT2D eigenvalue weighted by Crippen LogP contribution is -2.33. The maximum atomic E-state index is 13.7. The van der Waals surface area contributed by atoms with Crippen LogP contribution in [0.4, 0.5) is 20.2 Å². The van der Waals surface area contributed by atoms with Gasteiger partial charge in [0, 0.05) is 16.6 Å². The quantitative estimate of drug-likeness (QED) is 0.865. The van der Waals surface area contributed by atoms with Crippen molar-refractivity contribution in [1.29, 1.82) is 0 Å². The van der Waals surface area contributed by atoms with Crippen LogP contribution in [0.5, 0.6) is 0 Å². The Balaban J connectivity index is 1.77. The SMILES string of the molecule is O=C(Nc1c(F)cc(Br)cc1F)C1Cc2ccccc2N1. The first kappa shape index (κ1) is 14.0. The van der Waals surface area contributed by atoms with Gasteiger partial charge >= 0.3 is 0 Å². The summed E-state index contributed by atoms with van der Waals surface area (Å²) in [7, 11) is 0. The van der Waals surface area contributed by atoms with Crippen molar-refractivity contribution in [3.05, 3.63) is 58.1 Å². The zero-order valence-corrected chi connectivity index (χ0v) is 12.4. The van der Waals surface area contributed by atoms with Crippen LogP contribution >= 0.6 is 15.9 Å². The summed E-state index contributed by atoms with van der Waals surface area (Å²) in [6.45, 7) is 0. The number of anilines is 2. The second-order valence-electron chi connectivity index (χ2n) is 4.79. The number of halogens is 3. The van der Waals surface area contributed by atoms with Crippen molar-refractivity contribution >= 4 is 33.2 Å². The standard InChI is InChI=1S/C15H11BrF2N2O/c16-9-6-10(17)14(11(18)7-9)20-15(21)13-5-8-3-1-2-4-12(8)19-13/h1-4,6-7,13,19H,5H2,(H,20,21). The average Bonchev–Trinajstić information content (AvgIpc) is 2.86. The molecule has 0 aromatic heterocycles. The number of benzene rings is 2. The lowest BCUT2D eigenvalue weighted by molar-refractivity contribution is -0.116. The Morgan fingerprint density at radius 1 is 1.24 bits per heavy atom. The van der Waals surface area contributed by atoms with Crippen molar-refractivity contribution in [3.63, 3.8) is 0 Å². The molecule has 3 nitrogen and oxygen atoms in total. The number of hydrogen-bond acceptors (Lipinski definition) is 2. The van der Waals surface area contributed by atoms with Crippen LogP contribution in [0, 0.1) is 11.6 Å². The van der Waals surface area contributed by atoms with Gasteiger partial charge in [-0.25, -0.2) is 8.78 Å². The highest BCUT2D eigenvalue weighted by molar-refractivity contribution is 9.10. The van der Waals surface area contributed by atoms with Crippen molar-refractivity contribution in [2.24, 2.45) is 0 Å². The predicted octanol–water partition coefficient (Wildman–Crippen LogP) is 3.70. The summed E-state index contributed by atoms with van der Waals surface area (Å²) in [4.78, 5) is 12.2. The number of hydrogen-bond donors (Lipinski definition) is 2. The molecule has 1 heterocycles. The molecule has 0 spiro atoms. The Hall–Kier alpha value is -1.95. The van der Waals surface area contributed by atoms with E-state index in [2.05, 4.69) is 26.6 Å². The summed E-state index contributed by atoms with van der Waals surface area (Å²) in [5, 5.41) is 5.35. The molecule has 1 aliphatic heterocycles. The number of fused-ring (bicyclic) bond motifs is 1. The largest absolute Gasteiger partial charge is 0.373 e. The third kappa shape index (κ3) is 2.76. The summed E-state index contributed by atoms with van der Waals surface area (Å²) in [6, 6.07) is 9.20. The summed E-state index contributed by atoms with van der Waals surface area (Å²) in [6.07, 6.45) is 0.488. The van der Waals surface area contributed by atoms with Gasteiger partial charge in [0.05, 0.1) is 0 Å². The summed E-state index contributed by atoms with van der Waals surface area (Å²) in [5.74, 6) is -2.09. The first-order chi connectivity index (χ1) is 10.0. The molecule has 0 fully saturated rings. The van der Waals surface area contributed by atoms with Gasteiger partial charge in [0.2, 0.25) is 5.91 Å². The zero-order chi connectivity index (χ0) is 15.0. The Bertz CT molecular complexity index is 673. The van der Waals surface area contributed by atoms with Crippen molar-refractivity contribution in [3.8, 4) is 0 Å². The minimum absolute atomic E-state index is 0.280. The molecule has 1 unspecified atom stereocenters. The molecule has 3 rings (SSSR count). The van der Waals surface area contributed by atoms with Crippen molar-refractivity contribution in [2.75, 3.05) is 10.6 Å². The average molecular weight is 353 g/mol. The molecule has 6 heteroatoms. The van der Waals surface area contributed by atoms with Gasteiger partial charge in [-0.15, -0.1) is 0 Å². The van der Waals surface area contributed by atoms with Gasteiger partial charge < -0.3 is 10.6 Å². The van der Waals surface area contributed by atoms with E-state index in [1.54, 1.807) is 0 Å². The highest BCUT2D eigenvalue weighted by Gasteiger charge is 2.27. The van der Waals surface area contributed by atoms with Gasteiger partial charge in [-0.3, -0.25) is 4.79 Å². The normalized spacial score (nSPS) is 16.2. The van der Waals surface area contributed by atoms with Crippen LogP contribution in [0.3, 0.4) is 0 Å². The molecule has 1 atom stereocenters. The molecule has 2 aromatic carbocycles. The molecule has 0 saturated carbocycles. The van der Waals surface area contributed by atoms with Gasteiger partial charge in [0.1, 0.15) is 11.7 Å². The molecular weight excluding hydrogens is 342 g/mol. The topological polar surface area (TPSA) is 41.1 Å². The second kappa shape index (κ2) is 5.44. The van der Waals surface area contributed by atoms with E-state index in [1.165, 1.54) is 0 Å². The minimum atomic E-state index is -0.814. The van der Waals surface area contributed by atoms with Crippen molar-refractivity contribution in [1.82, 2.24) is 0 Å². The molecule has 108 valence electrons. The first-order valence-corrected chi connectivity index (χ1v) is 7.14. The van der Waals surface area contributed by atoms with Crippen LogP contribution in [-0.2, 0) is 11.2 Å². The molecule has 0 saturated heterocycles. The van der Waals surface area contributed by atoms with Gasteiger partial charge in [-0.05, 0) is 23.8 Å². The molecule has 0 radical (unpaired) electrons. The highest BCUT2D eigenvalue weighted by Crippen LogP contribution is 2.27. The smallest absolute Gasteiger partial charge is 0.247 e. The summed E-state index contributed by atoms with van der Waals surface area (Å²) in [5.41, 5.74) is 1.45. The Morgan fingerprint density at radius 3 is 2.57 bits per heavy atom. The van der Waals surface area contributed by atoms with Gasteiger partial charge in [-0.2, -0.15) is 0 Å². The number of nitrogens with one attached hydrogen (secondary N) is 2. The molecule has 2 N–H and O–H groups in total. The van der Waals surface area contributed by atoms with Crippen LogP contribution in [0.1, 0.15) is 5.56 Å². The number of carbonyl (C=O) groups excluding carboxylic acids is 1. The predicted molar refractivity (Wildman–Crippen MR) is 80.2 cm³/mol. The van der Waals surface area contributed by atoms with Crippen LogP contribution in [0.25, 0.3) is 0 Å². The van der Waals surface area contributed by atoms with Crippen LogP contribution in [0.2, 0.25) is 0 Å². The number of carbonyl (C=O) groups is 1. The van der Waals surface area contributed by atoms with Crippen LogP contribution in [0.15, 0.2) is 40.9 Å². The van der Waals surface area contributed by atoms with Crippen LogP contribution < -0.4 is 10.6 Å². The maximum Gasteiger partial charge on any atom is 0.247 e. The van der Waals surface area contributed by atoms with Crippen LogP contribution in [-0.4, -0.2) is 11.9 Å². The number of para-hydroxylation sites is 1. The molecule has 1 aliphatic rings. The van der Waals surface area contributed by atoms with Crippen molar-refractivity contribution < 1.29 is 13.6 Å². The fraction of sp³-hybridized carbons (Fsp3) is 0.133. The minimum Gasteiger partial charge on any atom is -0.373 e. The summed E-state index contributed by atoms with van der Waals surface area (Å²) >= 11 is 2.99. The molecule has 2 aromatic rings. The van der Waals surface area contributed by atoms with E-state index < -0.39 is 29.3 Å². The molecular formula is C15H11BrF2N2O. The molecule has 1 amide bonds. The fourth-order valence-electron chi connectivity index (χ4n) is 2.33. The first-order valence-electron chi connectivity index (χ1n) is 6.34. The lowest BCUT2D eigenvalue weighted by atomic mass is 10.1. The second-order valence-corrected chi connectivity index (χ2v) is 5.71.